The van der Waals surface area contributed by atoms with Crippen molar-refractivity contribution in [2.75, 3.05) is 6.61 Å². The van der Waals surface area contributed by atoms with Gasteiger partial charge in [0.15, 0.2) is 0 Å². The lowest BCUT2D eigenvalue weighted by Gasteiger charge is -2.43. The van der Waals surface area contributed by atoms with E-state index >= 15 is 0 Å². The maximum Gasteiger partial charge on any atom is 0.275 e. The molecule has 0 saturated heterocycles. The third-order valence-electron chi connectivity index (χ3n) is 8.56. The number of aliphatic hydroxyl groups excluding tert-OH is 2. The highest BCUT2D eigenvalue weighted by Gasteiger charge is 2.48. The van der Waals surface area contributed by atoms with E-state index in [0.29, 0.717) is 25.2 Å². The standard InChI is InChI=1S/C28H42F2O3/c1-18(12-14-28(29,30)26(3,4)33)24-10-11-25-20(7-6-13-27(24,25)5)8-9-21-15-23(32)16-22(17-31)19(21)2/h8-10,18,22-23,25,31-33H,2,6-7,11-17H2,1,3-5H3/b20-8+,21-9-/t18-,22-,23-,25+,27-/m1/s1. The van der Waals surface area contributed by atoms with Crippen molar-refractivity contribution in [3.05, 3.63) is 47.1 Å². The summed E-state index contributed by atoms with van der Waals surface area (Å²) in [6.07, 6.45) is 11.3. The summed E-state index contributed by atoms with van der Waals surface area (Å²) < 4.78 is 28.7. The second-order valence-electron chi connectivity index (χ2n) is 11.4. The molecule has 2 saturated carbocycles. The van der Waals surface area contributed by atoms with Crippen molar-refractivity contribution in [1.29, 1.82) is 0 Å². The molecule has 0 aliphatic heterocycles. The summed E-state index contributed by atoms with van der Waals surface area (Å²) in [4.78, 5) is 0. The fourth-order valence-electron chi connectivity index (χ4n) is 6.24. The first-order valence-electron chi connectivity index (χ1n) is 12.5. The van der Waals surface area contributed by atoms with Gasteiger partial charge in [-0.2, -0.15) is 0 Å². The molecule has 0 heterocycles. The van der Waals surface area contributed by atoms with Gasteiger partial charge < -0.3 is 15.3 Å². The van der Waals surface area contributed by atoms with Gasteiger partial charge in [-0.05, 0) is 87.2 Å². The SMILES string of the molecule is C=C1/C(=C\C=C2/CCC[C@]3(C)C([C@H](C)CCC(F)(F)C(C)(C)O)=CC[C@@H]23)C[C@@H](O)C[C@@H]1CO. The zero-order chi connectivity index (χ0) is 24.6. The van der Waals surface area contributed by atoms with Gasteiger partial charge >= 0.3 is 0 Å². The number of aliphatic hydroxyl groups is 3. The van der Waals surface area contributed by atoms with Crippen LogP contribution in [0.5, 0.6) is 0 Å². The summed E-state index contributed by atoms with van der Waals surface area (Å²) in [5, 5.41) is 29.6. The van der Waals surface area contributed by atoms with Gasteiger partial charge in [0.05, 0.1) is 12.7 Å². The van der Waals surface area contributed by atoms with Gasteiger partial charge in [-0.1, -0.05) is 49.8 Å². The van der Waals surface area contributed by atoms with Gasteiger partial charge in [0.25, 0.3) is 5.92 Å². The highest BCUT2D eigenvalue weighted by atomic mass is 19.3. The van der Waals surface area contributed by atoms with Gasteiger partial charge in [-0.3, -0.25) is 0 Å². The quantitative estimate of drug-likeness (QED) is 0.398. The van der Waals surface area contributed by atoms with E-state index in [1.54, 1.807) is 0 Å². The third kappa shape index (κ3) is 5.36. The molecule has 33 heavy (non-hydrogen) atoms. The molecule has 0 bridgehead atoms. The maximum absolute atomic E-state index is 14.3. The Bertz CT molecular complexity index is 833. The molecule has 186 valence electrons. The van der Waals surface area contributed by atoms with E-state index in [0.717, 1.165) is 36.8 Å². The predicted molar refractivity (Wildman–Crippen MR) is 129 cm³/mol. The molecule has 0 amide bonds. The minimum atomic E-state index is -3.11. The largest absolute Gasteiger partial charge is 0.396 e. The summed E-state index contributed by atoms with van der Waals surface area (Å²) in [6, 6.07) is 0. The number of fused-ring (bicyclic) bond motifs is 1. The summed E-state index contributed by atoms with van der Waals surface area (Å²) in [7, 11) is 0. The third-order valence-corrected chi connectivity index (χ3v) is 8.56. The summed E-state index contributed by atoms with van der Waals surface area (Å²) in [6.45, 7) is 10.9. The number of hydrogen-bond acceptors (Lipinski definition) is 3. The van der Waals surface area contributed by atoms with Crippen LogP contribution in [0.4, 0.5) is 8.78 Å². The van der Waals surface area contributed by atoms with Gasteiger partial charge in [-0.25, -0.2) is 8.78 Å². The molecule has 3 aliphatic carbocycles. The Morgan fingerprint density at radius 3 is 2.64 bits per heavy atom. The van der Waals surface area contributed by atoms with Crippen molar-refractivity contribution in [3.8, 4) is 0 Å². The van der Waals surface area contributed by atoms with Gasteiger partial charge in [0.1, 0.15) is 5.60 Å². The van der Waals surface area contributed by atoms with Gasteiger partial charge in [-0.15, -0.1) is 0 Å². The number of hydrogen-bond donors (Lipinski definition) is 3. The molecule has 3 rings (SSSR count). The molecule has 0 radical (unpaired) electrons. The first-order chi connectivity index (χ1) is 15.3. The topological polar surface area (TPSA) is 60.7 Å². The molecule has 0 spiro atoms. The lowest BCUT2D eigenvalue weighted by atomic mass is 9.62. The van der Waals surface area contributed by atoms with Crippen LogP contribution in [0, 0.1) is 23.2 Å². The van der Waals surface area contributed by atoms with E-state index in [-0.39, 0.29) is 30.3 Å². The predicted octanol–water partition coefficient (Wildman–Crippen LogP) is 6.12. The molecule has 0 aromatic rings. The van der Waals surface area contributed by atoms with E-state index in [4.69, 9.17) is 0 Å². The molecule has 5 heteroatoms. The molecular weight excluding hydrogens is 422 g/mol. The lowest BCUT2D eigenvalue weighted by Crippen LogP contribution is -2.43. The second-order valence-corrected chi connectivity index (χ2v) is 11.4. The average molecular weight is 465 g/mol. The molecule has 0 unspecified atom stereocenters. The van der Waals surface area contributed by atoms with Crippen LogP contribution in [-0.4, -0.2) is 39.6 Å². The van der Waals surface area contributed by atoms with Crippen LogP contribution in [0.1, 0.15) is 79.1 Å². The number of halogens is 2. The van der Waals surface area contributed by atoms with E-state index in [9.17, 15) is 24.1 Å². The van der Waals surface area contributed by atoms with Crippen LogP contribution in [-0.2, 0) is 0 Å². The molecule has 3 N–H and O–H groups in total. The Hall–Kier alpha value is -1.30. The number of rotatable bonds is 7. The number of alkyl halides is 2. The molecule has 2 fully saturated rings. The average Bonchev–Trinajstić information content (AvgIpc) is 3.09. The normalized spacial score (nSPS) is 34.5. The van der Waals surface area contributed by atoms with Crippen LogP contribution < -0.4 is 0 Å². The molecular formula is C28H42F2O3. The minimum absolute atomic E-state index is 0.00216. The molecule has 0 aromatic heterocycles. The first kappa shape index (κ1) is 26.3. The van der Waals surface area contributed by atoms with Crippen LogP contribution in [0.3, 0.4) is 0 Å². The van der Waals surface area contributed by atoms with E-state index in [2.05, 4.69) is 31.7 Å². The molecule has 3 nitrogen and oxygen atoms in total. The maximum atomic E-state index is 14.3. The van der Waals surface area contributed by atoms with E-state index in [1.807, 2.05) is 6.92 Å². The highest BCUT2D eigenvalue weighted by Crippen LogP contribution is 2.57. The summed E-state index contributed by atoms with van der Waals surface area (Å²) in [5.41, 5.74) is 2.57. The minimum Gasteiger partial charge on any atom is -0.396 e. The number of allylic oxidation sites excluding steroid dienone is 5. The van der Waals surface area contributed by atoms with Gasteiger partial charge in [0.2, 0.25) is 0 Å². The Morgan fingerprint density at radius 1 is 1.30 bits per heavy atom. The van der Waals surface area contributed by atoms with Crippen LogP contribution in [0.2, 0.25) is 0 Å². The Morgan fingerprint density at radius 2 is 2.00 bits per heavy atom. The van der Waals surface area contributed by atoms with E-state index in [1.165, 1.54) is 25.0 Å². The molecule has 0 aromatic carbocycles. The van der Waals surface area contributed by atoms with Crippen LogP contribution in [0.25, 0.3) is 0 Å². The molecule has 3 aliphatic rings. The van der Waals surface area contributed by atoms with Crippen molar-refractivity contribution >= 4 is 0 Å². The first-order valence-corrected chi connectivity index (χ1v) is 12.5. The zero-order valence-corrected chi connectivity index (χ0v) is 20.7. The smallest absolute Gasteiger partial charge is 0.275 e. The van der Waals surface area contributed by atoms with E-state index < -0.39 is 17.6 Å². The fraction of sp³-hybridized carbons (Fsp3) is 0.714. The monoisotopic (exact) mass is 464 g/mol. The van der Waals surface area contributed by atoms with Crippen LogP contribution >= 0.6 is 0 Å². The summed E-state index contributed by atoms with van der Waals surface area (Å²) in [5.74, 6) is -2.78. The second kappa shape index (κ2) is 9.75. The lowest BCUT2D eigenvalue weighted by molar-refractivity contribution is -0.166. The summed E-state index contributed by atoms with van der Waals surface area (Å²) >= 11 is 0. The Kier molecular flexibility index (Phi) is 7.77. The van der Waals surface area contributed by atoms with Crippen molar-refractivity contribution in [2.24, 2.45) is 23.2 Å². The Labute approximate surface area is 198 Å². The fourth-order valence-corrected chi connectivity index (χ4v) is 6.24. The van der Waals surface area contributed by atoms with Crippen molar-refractivity contribution in [2.45, 2.75) is 96.7 Å². The van der Waals surface area contributed by atoms with Crippen molar-refractivity contribution in [3.63, 3.8) is 0 Å². The molecule has 5 atom stereocenters. The zero-order valence-electron chi connectivity index (χ0n) is 20.7. The Balaban J connectivity index is 1.74. The van der Waals surface area contributed by atoms with Gasteiger partial charge in [0, 0.05) is 12.3 Å². The van der Waals surface area contributed by atoms with Crippen LogP contribution in [0.15, 0.2) is 47.1 Å². The van der Waals surface area contributed by atoms with Crippen molar-refractivity contribution < 1.29 is 24.1 Å². The van der Waals surface area contributed by atoms with Crippen molar-refractivity contribution in [1.82, 2.24) is 0 Å². The highest BCUT2D eigenvalue weighted by molar-refractivity contribution is 5.39.